The maximum Gasteiger partial charge on any atom is 0.211 e. The van der Waals surface area contributed by atoms with Gasteiger partial charge in [0.25, 0.3) is 0 Å². The second-order valence-electron chi connectivity index (χ2n) is 2.58. The van der Waals surface area contributed by atoms with Crippen LogP contribution in [-0.2, 0) is 0 Å². The molecule has 0 aliphatic heterocycles. The van der Waals surface area contributed by atoms with E-state index in [0.29, 0.717) is 0 Å². The molecule has 15 heavy (non-hydrogen) atoms. The Morgan fingerprint density at radius 1 is 1.47 bits per heavy atom. The predicted molar refractivity (Wildman–Crippen MR) is 61.2 cm³/mol. The average molecular weight is 225 g/mol. The van der Waals surface area contributed by atoms with Gasteiger partial charge in [-0.25, -0.2) is 5.48 Å². The van der Waals surface area contributed by atoms with Gasteiger partial charge in [-0.1, -0.05) is 0 Å². The Morgan fingerprint density at radius 3 is 2.67 bits per heavy atom. The number of thiocarbonyl (C=S) groups is 1. The Bertz CT molecular complexity index is 351. The first-order valence-corrected chi connectivity index (χ1v) is 4.54. The first-order valence-electron chi connectivity index (χ1n) is 4.13. The molecule has 80 valence electrons. The van der Waals surface area contributed by atoms with E-state index in [2.05, 4.69) is 22.7 Å². The molecule has 0 aromatic heterocycles. The van der Waals surface area contributed by atoms with Crippen LogP contribution in [0.15, 0.2) is 29.4 Å². The number of hydrazone groups is 1. The van der Waals surface area contributed by atoms with Gasteiger partial charge in [0, 0.05) is 0 Å². The molecule has 0 radical (unpaired) electrons. The lowest BCUT2D eigenvalue weighted by atomic mass is 10.2. The van der Waals surface area contributed by atoms with Gasteiger partial charge in [0.1, 0.15) is 5.75 Å². The minimum absolute atomic E-state index is 0.0414. The van der Waals surface area contributed by atoms with E-state index in [0.717, 1.165) is 11.3 Å². The molecule has 1 rings (SSSR count). The lowest BCUT2D eigenvalue weighted by Crippen LogP contribution is -2.28. The molecule has 0 saturated heterocycles. The molecule has 0 aliphatic carbocycles. The highest BCUT2D eigenvalue weighted by atomic mass is 32.1. The van der Waals surface area contributed by atoms with Gasteiger partial charge in [0.2, 0.25) is 5.11 Å². The molecule has 0 unspecified atom stereocenters. The van der Waals surface area contributed by atoms with Crippen molar-refractivity contribution >= 4 is 23.5 Å². The molecule has 0 atom stereocenters. The zero-order chi connectivity index (χ0) is 11.1. The second-order valence-corrected chi connectivity index (χ2v) is 2.99. The van der Waals surface area contributed by atoms with Crippen molar-refractivity contribution in [3.63, 3.8) is 0 Å². The summed E-state index contributed by atoms with van der Waals surface area (Å²) in [4.78, 5) is 0. The minimum Gasteiger partial charge on any atom is -0.497 e. The standard InChI is InChI=1S/C9H11N3O2S/c1-14-8-4-2-7(3-5-8)6-10-11-9(15)12-13/h2-6,13H,1H3,(H2,11,12,15)/b10-6+. The van der Waals surface area contributed by atoms with Crippen molar-refractivity contribution in [2.45, 2.75) is 0 Å². The molecule has 0 fully saturated rings. The van der Waals surface area contributed by atoms with Crippen molar-refractivity contribution in [2.24, 2.45) is 5.10 Å². The SMILES string of the molecule is COc1ccc(/C=N/NC(=S)NO)cc1. The van der Waals surface area contributed by atoms with Crippen LogP contribution in [0.5, 0.6) is 5.75 Å². The Hall–Kier alpha value is -1.66. The molecular formula is C9H11N3O2S. The highest BCUT2D eigenvalue weighted by molar-refractivity contribution is 7.80. The third-order valence-corrected chi connectivity index (χ3v) is 1.78. The Labute approximate surface area is 92.7 Å². The van der Waals surface area contributed by atoms with Crippen LogP contribution in [0.2, 0.25) is 0 Å². The lowest BCUT2D eigenvalue weighted by molar-refractivity contribution is 0.233. The largest absolute Gasteiger partial charge is 0.497 e. The van der Waals surface area contributed by atoms with Crippen molar-refractivity contribution in [3.05, 3.63) is 29.8 Å². The quantitative estimate of drug-likeness (QED) is 0.405. The monoisotopic (exact) mass is 225 g/mol. The fourth-order valence-electron chi connectivity index (χ4n) is 0.880. The van der Waals surface area contributed by atoms with E-state index in [1.54, 1.807) is 18.8 Å². The van der Waals surface area contributed by atoms with Gasteiger partial charge in [-0.15, -0.1) is 0 Å². The summed E-state index contributed by atoms with van der Waals surface area (Å²) in [6.45, 7) is 0. The fraction of sp³-hybridized carbons (Fsp3) is 0.111. The molecule has 3 N–H and O–H groups in total. The third-order valence-electron chi connectivity index (χ3n) is 1.60. The number of methoxy groups -OCH3 is 1. The van der Waals surface area contributed by atoms with Crippen LogP contribution in [0.4, 0.5) is 0 Å². The van der Waals surface area contributed by atoms with E-state index in [1.807, 2.05) is 24.3 Å². The van der Waals surface area contributed by atoms with Crippen molar-refractivity contribution in [3.8, 4) is 5.75 Å². The van der Waals surface area contributed by atoms with Crippen LogP contribution in [0, 0.1) is 0 Å². The summed E-state index contributed by atoms with van der Waals surface area (Å²) in [6, 6.07) is 7.34. The molecule has 5 nitrogen and oxygen atoms in total. The van der Waals surface area contributed by atoms with Gasteiger partial charge in [-0.3, -0.25) is 10.6 Å². The fourth-order valence-corrected chi connectivity index (χ4v) is 0.933. The van der Waals surface area contributed by atoms with Crippen LogP contribution in [0.1, 0.15) is 5.56 Å². The number of ether oxygens (including phenoxy) is 1. The highest BCUT2D eigenvalue weighted by Crippen LogP contribution is 2.09. The van der Waals surface area contributed by atoms with Crippen LogP contribution >= 0.6 is 12.2 Å². The van der Waals surface area contributed by atoms with Gasteiger partial charge in [0.15, 0.2) is 0 Å². The van der Waals surface area contributed by atoms with E-state index in [9.17, 15) is 0 Å². The third kappa shape index (κ3) is 3.92. The van der Waals surface area contributed by atoms with E-state index >= 15 is 0 Å². The number of nitrogens with zero attached hydrogens (tertiary/aromatic N) is 1. The van der Waals surface area contributed by atoms with E-state index < -0.39 is 0 Å². The normalized spacial score (nSPS) is 10.0. The van der Waals surface area contributed by atoms with Crippen molar-refractivity contribution in [1.29, 1.82) is 0 Å². The molecule has 1 aromatic rings. The highest BCUT2D eigenvalue weighted by Gasteiger charge is 1.91. The lowest BCUT2D eigenvalue weighted by Gasteiger charge is -2.00. The zero-order valence-corrected chi connectivity index (χ0v) is 8.91. The molecule has 0 amide bonds. The summed E-state index contributed by atoms with van der Waals surface area (Å²) < 4.78 is 5.01. The summed E-state index contributed by atoms with van der Waals surface area (Å²) in [5.74, 6) is 0.785. The van der Waals surface area contributed by atoms with Gasteiger partial charge in [-0.2, -0.15) is 5.10 Å². The van der Waals surface area contributed by atoms with Crippen molar-refractivity contribution in [2.75, 3.05) is 7.11 Å². The number of hydrogen-bond donors (Lipinski definition) is 3. The Kier molecular flexibility index (Phi) is 4.52. The molecule has 0 saturated carbocycles. The summed E-state index contributed by atoms with van der Waals surface area (Å²) >= 11 is 4.60. The molecular weight excluding hydrogens is 214 g/mol. The number of rotatable bonds is 3. The number of nitrogens with one attached hydrogen (secondary N) is 2. The number of hydroxylamine groups is 1. The van der Waals surface area contributed by atoms with Gasteiger partial charge >= 0.3 is 0 Å². The molecule has 6 heteroatoms. The zero-order valence-electron chi connectivity index (χ0n) is 8.10. The summed E-state index contributed by atoms with van der Waals surface area (Å²) in [5, 5.41) is 12.2. The topological polar surface area (TPSA) is 65.9 Å². The maximum absolute atomic E-state index is 8.36. The predicted octanol–water partition coefficient (Wildman–Crippen LogP) is 0.882. The van der Waals surface area contributed by atoms with Crippen LogP contribution in [0.25, 0.3) is 0 Å². The van der Waals surface area contributed by atoms with Gasteiger partial charge in [-0.05, 0) is 42.0 Å². The molecule has 0 aliphatic rings. The summed E-state index contributed by atoms with van der Waals surface area (Å²) in [6.07, 6.45) is 1.57. The smallest absolute Gasteiger partial charge is 0.211 e. The number of benzene rings is 1. The van der Waals surface area contributed by atoms with Crippen molar-refractivity contribution in [1.82, 2.24) is 10.9 Å². The molecule has 0 heterocycles. The Morgan fingerprint density at radius 2 is 2.13 bits per heavy atom. The van der Waals surface area contributed by atoms with Crippen LogP contribution in [-0.4, -0.2) is 23.6 Å². The van der Waals surface area contributed by atoms with Crippen LogP contribution in [0.3, 0.4) is 0 Å². The number of hydrogen-bond acceptors (Lipinski definition) is 4. The Balaban J connectivity index is 2.53. The van der Waals surface area contributed by atoms with Crippen LogP contribution < -0.4 is 15.6 Å². The van der Waals surface area contributed by atoms with Gasteiger partial charge in [0.05, 0.1) is 13.3 Å². The molecule has 0 spiro atoms. The maximum atomic E-state index is 8.36. The molecule has 1 aromatic carbocycles. The summed E-state index contributed by atoms with van der Waals surface area (Å²) in [5.41, 5.74) is 5.07. The second kappa shape index (κ2) is 5.94. The first kappa shape index (κ1) is 11.4. The van der Waals surface area contributed by atoms with E-state index in [-0.39, 0.29) is 5.11 Å². The minimum atomic E-state index is 0.0414. The summed E-state index contributed by atoms with van der Waals surface area (Å²) in [7, 11) is 1.61. The first-order chi connectivity index (χ1) is 7.26. The van der Waals surface area contributed by atoms with Gasteiger partial charge < -0.3 is 4.74 Å². The van der Waals surface area contributed by atoms with E-state index in [1.165, 1.54) is 0 Å². The average Bonchev–Trinajstić information content (AvgIpc) is 2.29. The van der Waals surface area contributed by atoms with Crippen molar-refractivity contribution < 1.29 is 9.94 Å². The van der Waals surface area contributed by atoms with E-state index in [4.69, 9.17) is 9.94 Å². The molecule has 0 bridgehead atoms.